The summed E-state index contributed by atoms with van der Waals surface area (Å²) in [5.74, 6) is 0.331. The topological polar surface area (TPSA) is 86.1 Å². The molecule has 2 aliphatic rings. The SMILES string of the molecule is COc1ccc(-c2ccc(COC3CC(OC(=S)n4ccnc4)C(N4CCCCC4)C3CC/C=C/CCC(=O)O)cc2)cc1. The summed E-state index contributed by atoms with van der Waals surface area (Å²) < 4.78 is 20.3. The van der Waals surface area contributed by atoms with Gasteiger partial charge in [-0.15, -0.1) is 0 Å². The zero-order valence-electron chi connectivity index (χ0n) is 25.4. The van der Waals surface area contributed by atoms with Gasteiger partial charge < -0.3 is 19.3 Å². The maximum absolute atomic E-state index is 10.9. The van der Waals surface area contributed by atoms with Crippen LogP contribution in [0, 0.1) is 5.92 Å². The maximum atomic E-state index is 10.9. The van der Waals surface area contributed by atoms with Gasteiger partial charge in [-0.2, -0.15) is 0 Å². The van der Waals surface area contributed by atoms with Crippen LogP contribution >= 0.6 is 12.2 Å². The minimum absolute atomic E-state index is 0.00574. The summed E-state index contributed by atoms with van der Waals surface area (Å²) in [5, 5.41) is 9.39. The lowest BCUT2D eigenvalue weighted by molar-refractivity contribution is -0.136. The van der Waals surface area contributed by atoms with Crippen molar-refractivity contribution in [2.45, 2.75) is 76.2 Å². The first kappa shape index (κ1) is 31.9. The first-order valence-electron chi connectivity index (χ1n) is 15.7. The van der Waals surface area contributed by atoms with Gasteiger partial charge in [0.25, 0.3) is 5.17 Å². The number of rotatable bonds is 13. The lowest BCUT2D eigenvalue weighted by Gasteiger charge is -2.39. The normalized spacial score (nSPS) is 22.3. The Hall–Kier alpha value is -3.53. The molecule has 5 rings (SSSR count). The molecule has 1 saturated heterocycles. The Labute approximate surface area is 265 Å². The number of methoxy groups -OCH3 is 1. The molecular weight excluding hydrogens is 574 g/mol. The Morgan fingerprint density at radius 3 is 2.36 bits per heavy atom. The fraction of sp³-hybridized carbons (Fsp3) is 0.457. The molecule has 0 bridgehead atoms. The highest BCUT2D eigenvalue weighted by atomic mass is 32.1. The van der Waals surface area contributed by atoms with Crippen LogP contribution in [0.2, 0.25) is 0 Å². The zero-order valence-corrected chi connectivity index (χ0v) is 26.2. The van der Waals surface area contributed by atoms with Crippen molar-refractivity contribution in [3.63, 3.8) is 0 Å². The van der Waals surface area contributed by atoms with E-state index in [4.69, 9.17) is 31.5 Å². The van der Waals surface area contributed by atoms with Gasteiger partial charge in [0, 0.05) is 31.2 Å². The molecule has 0 radical (unpaired) electrons. The number of imidazole rings is 1. The molecule has 234 valence electrons. The molecule has 44 heavy (non-hydrogen) atoms. The number of piperidine rings is 1. The zero-order chi connectivity index (χ0) is 30.7. The van der Waals surface area contributed by atoms with E-state index in [0.29, 0.717) is 18.2 Å². The standard InChI is InChI=1S/C35H43N3O5S/c1-41-29-17-15-28(16-18-29)27-13-11-26(12-14-27)24-42-31-23-32(43-35(44)38-22-19-36-25-38)34(37-20-7-4-8-21-37)30(31)9-5-2-3-6-10-33(39)40/h2-3,11-19,22,25,30-32,34H,4-10,20-21,23-24H2,1H3,(H,39,40)/b3-2+. The van der Waals surface area contributed by atoms with E-state index >= 15 is 0 Å². The van der Waals surface area contributed by atoms with Crippen molar-refractivity contribution < 1.29 is 24.1 Å². The van der Waals surface area contributed by atoms with Gasteiger partial charge in [0.1, 0.15) is 18.2 Å². The highest BCUT2D eigenvalue weighted by Crippen LogP contribution is 2.39. The van der Waals surface area contributed by atoms with E-state index in [-0.39, 0.29) is 30.6 Å². The second kappa shape index (κ2) is 16.0. The largest absolute Gasteiger partial charge is 0.497 e. The van der Waals surface area contributed by atoms with Crippen LogP contribution in [0.15, 0.2) is 79.4 Å². The van der Waals surface area contributed by atoms with Gasteiger partial charge in [-0.05, 0) is 86.2 Å². The average Bonchev–Trinajstić information content (AvgIpc) is 3.71. The van der Waals surface area contributed by atoms with E-state index in [0.717, 1.165) is 54.8 Å². The van der Waals surface area contributed by atoms with Crippen molar-refractivity contribution in [1.29, 1.82) is 0 Å². The molecule has 1 aliphatic carbocycles. The third-order valence-electron chi connectivity index (χ3n) is 8.74. The highest BCUT2D eigenvalue weighted by molar-refractivity contribution is 7.80. The number of thiocarbonyl (C=S) groups is 1. The van der Waals surface area contributed by atoms with Gasteiger partial charge in [-0.25, -0.2) is 4.98 Å². The van der Waals surface area contributed by atoms with Crippen LogP contribution in [0.4, 0.5) is 0 Å². The van der Waals surface area contributed by atoms with Crippen molar-refractivity contribution in [2.24, 2.45) is 5.92 Å². The van der Waals surface area contributed by atoms with Gasteiger partial charge in [0.15, 0.2) is 0 Å². The molecule has 9 heteroatoms. The lowest BCUT2D eigenvalue weighted by Crippen LogP contribution is -2.49. The van der Waals surface area contributed by atoms with Crippen LogP contribution in [-0.4, -0.2) is 69.2 Å². The van der Waals surface area contributed by atoms with E-state index in [2.05, 4.69) is 52.4 Å². The summed E-state index contributed by atoms with van der Waals surface area (Å²) >= 11 is 5.68. The fourth-order valence-corrected chi connectivity index (χ4v) is 6.73. The van der Waals surface area contributed by atoms with Crippen molar-refractivity contribution in [3.05, 3.63) is 85.0 Å². The molecule has 1 aliphatic heterocycles. The fourth-order valence-electron chi connectivity index (χ4n) is 6.50. The van der Waals surface area contributed by atoms with Gasteiger partial charge in [0.05, 0.1) is 25.9 Å². The summed E-state index contributed by atoms with van der Waals surface area (Å²) in [6.45, 7) is 2.61. The molecule has 1 aromatic heterocycles. The molecule has 0 amide bonds. The molecule has 1 N–H and O–H groups in total. The van der Waals surface area contributed by atoms with E-state index in [1.54, 1.807) is 24.2 Å². The quantitative estimate of drug-likeness (QED) is 0.167. The molecule has 8 nitrogen and oxygen atoms in total. The number of likely N-dealkylation sites (tertiary alicyclic amines) is 1. The molecule has 3 aromatic rings. The number of benzene rings is 2. The average molecular weight is 618 g/mol. The number of carboxylic acid groups (broad SMARTS) is 1. The van der Waals surface area contributed by atoms with Crippen LogP contribution in [0.25, 0.3) is 11.1 Å². The summed E-state index contributed by atoms with van der Waals surface area (Å²) in [4.78, 5) is 17.7. The van der Waals surface area contributed by atoms with Crippen molar-refractivity contribution >= 4 is 23.4 Å². The highest BCUT2D eigenvalue weighted by Gasteiger charge is 2.48. The Morgan fingerprint density at radius 2 is 1.70 bits per heavy atom. The maximum Gasteiger partial charge on any atom is 0.303 e. The second-order valence-electron chi connectivity index (χ2n) is 11.6. The van der Waals surface area contributed by atoms with Crippen LogP contribution < -0.4 is 4.74 Å². The summed E-state index contributed by atoms with van der Waals surface area (Å²) in [5.41, 5.74) is 3.42. The van der Waals surface area contributed by atoms with Gasteiger partial charge in [0.2, 0.25) is 0 Å². The smallest absolute Gasteiger partial charge is 0.303 e. The monoisotopic (exact) mass is 617 g/mol. The third kappa shape index (κ3) is 8.55. The van der Waals surface area contributed by atoms with Crippen LogP contribution in [-0.2, 0) is 20.9 Å². The lowest BCUT2D eigenvalue weighted by atomic mass is 9.92. The molecule has 1 saturated carbocycles. The molecule has 2 aromatic carbocycles. The van der Waals surface area contributed by atoms with Crippen molar-refractivity contribution in [3.8, 4) is 16.9 Å². The number of carbonyl (C=O) groups is 1. The first-order valence-corrected chi connectivity index (χ1v) is 16.1. The number of carboxylic acids is 1. The summed E-state index contributed by atoms with van der Waals surface area (Å²) in [7, 11) is 1.68. The van der Waals surface area contributed by atoms with E-state index in [1.165, 1.54) is 19.3 Å². The molecule has 2 heterocycles. The van der Waals surface area contributed by atoms with Gasteiger partial charge in [-0.3, -0.25) is 14.3 Å². The number of aromatic nitrogens is 2. The molecule has 4 atom stereocenters. The van der Waals surface area contributed by atoms with Crippen molar-refractivity contribution in [2.75, 3.05) is 20.2 Å². The number of nitrogens with zero attached hydrogens (tertiary/aromatic N) is 3. The van der Waals surface area contributed by atoms with Crippen LogP contribution in [0.1, 0.15) is 56.9 Å². The Balaban J connectivity index is 1.30. The van der Waals surface area contributed by atoms with Gasteiger partial charge in [-0.1, -0.05) is 55.0 Å². The number of allylic oxidation sites excluding steroid dienone is 2. The second-order valence-corrected chi connectivity index (χ2v) is 12.0. The molecule has 4 unspecified atom stereocenters. The number of hydrogen-bond donors (Lipinski definition) is 1. The van der Waals surface area contributed by atoms with Gasteiger partial charge >= 0.3 is 5.97 Å². The van der Waals surface area contributed by atoms with Crippen LogP contribution in [0.3, 0.4) is 0 Å². The Morgan fingerprint density at radius 1 is 1.00 bits per heavy atom. The van der Waals surface area contributed by atoms with E-state index in [9.17, 15) is 4.79 Å². The molecule has 0 spiro atoms. The third-order valence-corrected chi connectivity index (χ3v) is 9.05. The van der Waals surface area contributed by atoms with Crippen molar-refractivity contribution in [1.82, 2.24) is 14.5 Å². The minimum Gasteiger partial charge on any atom is -0.497 e. The first-order chi connectivity index (χ1) is 21.5. The number of ether oxygens (including phenoxy) is 3. The molecular formula is C35H43N3O5S. The summed E-state index contributed by atoms with van der Waals surface area (Å²) in [6.07, 6.45) is 16.1. The Kier molecular flexibility index (Phi) is 11.6. The number of aliphatic carboxylic acids is 1. The predicted octanol–water partition coefficient (Wildman–Crippen LogP) is 6.74. The summed E-state index contributed by atoms with van der Waals surface area (Å²) in [6, 6.07) is 16.8. The Bertz CT molecular complexity index is 1350. The predicted molar refractivity (Wildman–Crippen MR) is 175 cm³/mol. The number of hydrogen-bond acceptors (Lipinski definition) is 7. The molecule has 2 fully saturated rings. The minimum atomic E-state index is -0.769. The van der Waals surface area contributed by atoms with Crippen LogP contribution in [0.5, 0.6) is 5.75 Å². The van der Waals surface area contributed by atoms with E-state index in [1.807, 2.05) is 24.4 Å². The van der Waals surface area contributed by atoms with E-state index < -0.39 is 5.97 Å².